The molecule has 0 spiro atoms. The number of aromatic nitrogens is 1. The van der Waals surface area contributed by atoms with Gasteiger partial charge in [0.25, 0.3) is 0 Å². The SMILES string of the molecule is N#Cc1ccc(N2CCN(C(=O)/C=C/COC[C@H]3CCCN3C3CNNC(=O)C3C(F)(F)F)CC2)nc1. The molecule has 3 atom stereocenters. The zero-order valence-electron chi connectivity index (χ0n) is 20.3. The first kappa shape index (κ1) is 26.8. The predicted molar refractivity (Wildman–Crippen MR) is 127 cm³/mol. The maximum atomic E-state index is 13.5. The summed E-state index contributed by atoms with van der Waals surface area (Å²) in [7, 11) is 0. The summed E-state index contributed by atoms with van der Waals surface area (Å²) in [5.74, 6) is -2.51. The Bertz CT molecular complexity index is 1020. The molecule has 1 aromatic heterocycles. The van der Waals surface area contributed by atoms with Crippen molar-refractivity contribution in [2.75, 3.05) is 57.4 Å². The number of anilines is 1. The van der Waals surface area contributed by atoms with Crippen LogP contribution in [0.5, 0.6) is 0 Å². The fourth-order valence-corrected chi connectivity index (χ4v) is 5.08. The molecule has 200 valence electrons. The molecular weight excluding hydrogens is 491 g/mol. The van der Waals surface area contributed by atoms with E-state index in [1.165, 1.54) is 12.3 Å². The molecule has 0 aliphatic carbocycles. The highest BCUT2D eigenvalue weighted by molar-refractivity contribution is 5.87. The van der Waals surface area contributed by atoms with Gasteiger partial charge in [-0.15, -0.1) is 0 Å². The molecule has 0 radical (unpaired) electrons. The Kier molecular flexibility index (Phi) is 8.63. The number of rotatable bonds is 7. The lowest BCUT2D eigenvalue weighted by Gasteiger charge is -2.40. The Hall–Kier alpha value is -3.21. The number of hydrogen-bond acceptors (Lipinski definition) is 8. The number of alkyl halides is 3. The van der Waals surface area contributed by atoms with Gasteiger partial charge in [-0.25, -0.2) is 10.4 Å². The molecule has 3 aliphatic heterocycles. The molecule has 4 heterocycles. The highest BCUT2D eigenvalue weighted by Crippen LogP contribution is 2.35. The van der Waals surface area contributed by atoms with Gasteiger partial charge in [-0.3, -0.25) is 19.9 Å². The van der Waals surface area contributed by atoms with Crippen LogP contribution in [0.25, 0.3) is 0 Å². The Morgan fingerprint density at radius 1 is 1.24 bits per heavy atom. The normalized spacial score (nSPS) is 25.4. The van der Waals surface area contributed by atoms with Crippen LogP contribution in [0.2, 0.25) is 0 Å². The van der Waals surface area contributed by atoms with Gasteiger partial charge in [0.15, 0.2) is 5.92 Å². The molecule has 2 N–H and O–H groups in total. The number of amides is 2. The number of nitrogens with one attached hydrogen (secondary N) is 2. The summed E-state index contributed by atoms with van der Waals surface area (Å²) >= 11 is 0. The average molecular weight is 522 g/mol. The van der Waals surface area contributed by atoms with Crippen molar-refractivity contribution in [3.05, 3.63) is 36.0 Å². The van der Waals surface area contributed by atoms with E-state index < -0.39 is 24.0 Å². The smallest absolute Gasteiger partial charge is 0.376 e. The monoisotopic (exact) mass is 521 g/mol. The second kappa shape index (κ2) is 11.9. The van der Waals surface area contributed by atoms with Gasteiger partial charge in [0.1, 0.15) is 11.9 Å². The van der Waals surface area contributed by atoms with Crippen molar-refractivity contribution in [3.63, 3.8) is 0 Å². The maximum Gasteiger partial charge on any atom is 0.402 e. The van der Waals surface area contributed by atoms with Crippen molar-refractivity contribution in [1.29, 1.82) is 5.26 Å². The average Bonchev–Trinajstić information content (AvgIpc) is 3.36. The molecule has 10 nitrogen and oxygen atoms in total. The summed E-state index contributed by atoms with van der Waals surface area (Å²) in [6, 6.07) is 4.33. The van der Waals surface area contributed by atoms with Gasteiger partial charge in [-0.05, 0) is 31.5 Å². The summed E-state index contributed by atoms with van der Waals surface area (Å²) < 4.78 is 46.3. The van der Waals surface area contributed by atoms with Crippen molar-refractivity contribution >= 4 is 17.6 Å². The van der Waals surface area contributed by atoms with Crippen LogP contribution in [0.1, 0.15) is 18.4 Å². The molecule has 0 bridgehead atoms. The zero-order valence-corrected chi connectivity index (χ0v) is 20.3. The van der Waals surface area contributed by atoms with Crippen molar-refractivity contribution in [1.82, 2.24) is 25.6 Å². The topological polar surface area (TPSA) is 114 Å². The Morgan fingerprint density at radius 2 is 2.03 bits per heavy atom. The molecular formula is C24H30F3N7O3. The maximum absolute atomic E-state index is 13.5. The van der Waals surface area contributed by atoms with E-state index >= 15 is 0 Å². The van der Waals surface area contributed by atoms with Gasteiger partial charge < -0.3 is 14.5 Å². The van der Waals surface area contributed by atoms with E-state index in [1.54, 1.807) is 28.0 Å². The largest absolute Gasteiger partial charge is 0.402 e. The number of pyridine rings is 1. The molecule has 0 saturated carbocycles. The van der Waals surface area contributed by atoms with Crippen LogP contribution in [-0.4, -0.2) is 97.3 Å². The van der Waals surface area contributed by atoms with E-state index in [4.69, 9.17) is 10.00 Å². The summed E-state index contributed by atoms with van der Waals surface area (Å²) in [6.07, 6.45) is 1.38. The highest BCUT2D eigenvalue weighted by atomic mass is 19.4. The summed E-state index contributed by atoms with van der Waals surface area (Å²) in [6.45, 7) is 3.18. The predicted octanol–water partition coefficient (Wildman–Crippen LogP) is 0.821. The molecule has 3 saturated heterocycles. The van der Waals surface area contributed by atoms with Crippen molar-refractivity contribution < 1.29 is 27.5 Å². The number of nitrogens with zero attached hydrogens (tertiary/aromatic N) is 5. The Labute approximate surface area is 213 Å². The van der Waals surface area contributed by atoms with Crippen LogP contribution in [-0.2, 0) is 14.3 Å². The second-order valence-corrected chi connectivity index (χ2v) is 9.26. The van der Waals surface area contributed by atoms with Crippen LogP contribution in [0.4, 0.5) is 19.0 Å². The number of ether oxygens (including phenoxy) is 1. The quantitative estimate of drug-likeness (QED) is 0.401. The standard InChI is InChI=1S/C24H30F3N7O3/c25-24(26,27)22-19(15-30-31-23(22)36)34-7-1-3-18(34)16-37-12-2-4-21(35)33-10-8-32(9-11-33)20-6-5-17(13-28)14-29-20/h2,4-6,14,18-19,22,30H,1,3,7-12,15-16H2,(H,31,36)/b4-2+/t18-,19?,22?/m1/s1. The molecule has 37 heavy (non-hydrogen) atoms. The molecule has 3 fully saturated rings. The number of piperazine rings is 1. The minimum absolute atomic E-state index is 0.00925. The number of carbonyl (C=O) groups excluding carboxylic acids is 2. The van der Waals surface area contributed by atoms with Crippen LogP contribution in [0.3, 0.4) is 0 Å². The van der Waals surface area contributed by atoms with Crippen LogP contribution >= 0.6 is 0 Å². The van der Waals surface area contributed by atoms with Crippen molar-refractivity contribution in [3.8, 4) is 6.07 Å². The second-order valence-electron chi connectivity index (χ2n) is 9.26. The van der Waals surface area contributed by atoms with Gasteiger partial charge in [0.05, 0.1) is 18.8 Å². The highest BCUT2D eigenvalue weighted by Gasteiger charge is 2.54. The summed E-state index contributed by atoms with van der Waals surface area (Å²) in [4.78, 5) is 34.2. The fraction of sp³-hybridized carbons (Fsp3) is 0.583. The number of likely N-dealkylation sites (tertiary alicyclic amines) is 1. The number of halogens is 3. The fourth-order valence-electron chi connectivity index (χ4n) is 5.08. The third-order valence-electron chi connectivity index (χ3n) is 6.97. The number of carbonyl (C=O) groups is 2. The summed E-state index contributed by atoms with van der Waals surface area (Å²) in [5.41, 5.74) is 5.15. The van der Waals surface area contributed by atoms with Gasteiger partial charge in [-0.1, -0.05) is 6.08 Å². The Morgan fingerprint density at radius 3 is 2.70 bits per heavy atom. The summed E-state index contributed by atoms with van der Waals surface area (Å²) in [5, 5.41) is 8.89. The van der Waals surface area contributed by atoms with E-state index in [0.717, 1.165) is 12.2 Å². The molecule has 1 aromatic rings. The number of hydrogen-bond donors (Lipinski definition) is 2. The Balaban J connectivity index is 1.20. The van der Waals surface area contributed by atoms with E-state index in [2.05, 4.69) is 20.7 Å². The molecule has 0 aromatic carbocycles. The first-order chi connectivity index (χ1) is 17.8. The first-order valence-corrected chi connectivity index (χ1v) is 12.3. The van der Waals surface area contributed by atoms with Crippen LogP contribution in [0.15, 0.2) is 30.5 Å². The van der Waals surface area contributed by atoms with Gasteiger partial charge in [0.2, 0.25) is 11.8 Å². The van der Waals surface area contributed by atoms with Crippen LogP contribution in [0, 0.1) is 17.2 Å². The zero-order chi connectivity index (χ0) is 26.4. The van der Waals surface area contributed by atoms with E-state index in [-0.39, 0.29) is 31.7 Å². The first-order valence-electron chi connectivity index (χ1n) is 12.3. The third kappa shape index (κ3) is 6.57. The van der Waals surface area contributed by atoms with Gasteiger partial charge in [-0.2, -0.15) is 18.4 Å². The number of nitriles is 1. The minimum atomic E-state index is -4.63. The molecule has 13 heteroatoms. The number of hydrazine groups is 1. The van der Waals surface area contributed by atoms with Gasteiger partial charge in [0, 0.05) is 57.1 Å². The molecule has 4 rings (SSSR count). The van der Waals surface area contributed by atoms with E-state index in [9.17, 15) is 22.8 Å². The van der Waals surface area contributed by atoms with Crippen LogP contribution < -0.4 is 15.8 Å². The molecule has 3 aliphatic rings. The van der Waals surface area contributed by atoms with Crippen molar-refractivity contribution in [2.45, 2.75) is 31.1 Å². The minimum Gasteiger partial charge on any atom is -0.376 e. The van der Waals surface area contributed by atoms with Crippen molar-refractivity contribution in [2.24, 2.45) is 5.92 Å². The lowest BCUT2D eigenvalue weighted by atomic mass is 9.94. The third-order valence-corrected chi connectivity index (χ3v) is 6.97. The lowest BCUT2D eigenvalue weighted by molar-refractivity contribution is -0.201. The van der Waals surface area contributed by atoms with Gasteiger partial charge >= 0.3 is 6.18 Å². The lowest BCUT2D eigenvalue weighted by Crippen LogP contribution is -2.65. The van der Waals surface area contributed by atoms with E-state index in [0.29, 0.717) is 44.7 Å². The molecule has 2 amide bonds. The molecule has 2 unspecified atom stereocenters. The van der Waals surface area contributed by atoms with E-state index in [1.807, 2.05) is 6.07 Å².